The van der Waals surface area contributed by atoms with Crippen molar-refractivity contribution in [3.05, 3.63) is 108 Å². The van der Waals surface area contributed by atoms with Gasteiger partial charge in [-0.15, -0.1) is 0 Å². The van der Waals surface area contributed by atoms with Crippen LogP contribution in [0.2, 0.25) is 10.0 Å². The molecule has 38 heavy (non-hydrogen) atoms. The minimum Gasteiger partial charge on any atom is -0.485 e. The third kappa shape index (κ3) is 6.12. The van der Waals surface area contributed by atoms with E-state index in [2.05, 4.69) is 16.6 Å². The molecular formula is C27H27Cl2FN4O4. The highest BCUT2D eigenvalue weighted by Gasteiger charge is 2.22. The monoisotopic (exact) mass is 560 g/mol. The Balaban J connectivity index is 2.08. The van der Waals surface area contributed by atoms with Gasteiger partial charge in [-0.2, -0.15) is 0 Å². The van der Waals surface area contributed by atoms with Crippen LogP contribution in [0.1, 0.15) is 37.7 Å². The molecule has 0 aliphatic carbocycles. The van der Waals surface area contributed by atoms with Gasteiger partial charge in [-0.25, -0.2) is 4.39 Å². The lowest BCUT2D eigenvalue weighted by molar-refractivity contribution is 0.0768. The summed E-state index contributed by atoms with van der Waals surface area (Å²) >= 11 is 12.4. The number of aliphatic imine (C=N–C) groups is 1. The molecule has 0 spiro atoms. The lowest BCUT2D eigenvalue weighted by Crippen LogP contribution is -2.34. The van der Waals surface area contributed by atoms with Crippen molar-refractivity contribution in [1.29, 1.82) is 0 Å². The molecule has 200 valence electrons. The molecule has 1 N–H and O–H groups in total. The average molecular weight is 561 g/mol. The van der Waals surface area contributed by atoms with Gasteiger partial charge in [-0.3, -0.25) is 28.7 Å². The number of aryl methyl sites for hydroxylation is 1. The fraction of sp³-hybridized carbons (Fsp3) is 0.259. The van der Waals surface area contributed by atoms with Gasteiger partial charge in [0.2, 0.25) is 0 Å². The zero-order chi connectivity index (χ0) is 28.4. The molecular weight excluding hydrogens is 534 g/mol. The Labute approximate surface area is 229 Å². The van der Waals surface area contributed by atoms with Gasteiger partial charge in [0.15, 0.2) is 0 Å². The van der Waals surface area contributed by atoms with E-state index in [1.165, 1.54) is 48.4 Å². The summed E-state index contributed by atoms with van der Waals surface area (Å²) in [6.07, 6.45) is 4.06. The summed E-state index contributed by atoms with van der Waals surface area (Å²) in [5, 5.41) is 10.3. The highest BCUT2D eigenvalue weighted by atomic mass is 35.5. The third-order valence-electron chi connectivity index (χ3n) is 5.57. The number of allylic oxidation sites excluding steroid dienone is 3. The minimum absolute atomic E-state index is 0.0777. The van der Waals surface area contributed by atoms with Crippen LogP contribution in [0.15, 0.2) is 69.5 Å². The number of rotatable bonds is 7. The molecule has 0 atom stereocenters. The second-order valence-corrected chi connectivity index (χ2v) is 9.81. The summed E-state index contributed by atoms with van der Waals surface area (Å²) in [6.45, 7) is 10.2. The van der Waals surface area contributed by atoms with Gasteiger partial charge in [0, 0.05) is 36.6 Å². The van der Waals surface area contributed by atoms with E-state index in [1.54, 1.807) is 26.0 Å². The van der Waals surface area contributed by atoms with Crippen LogP contribution in [0, 0.1) is 12.7 Å². The molecule has 0 amide bonds. The first-order valence-corrected chi connectivity index (χ1v) is 12.2. The summed E-state index contributed by atoms with van der Waals surface area (Å²) in [5.74, 6) is -0.288. The number of ether oxygens (including phenoxy) is 1. The fourth-order valence-corrected chi connectivity index (χ4v) is 4.07. The van der Waals surface area contributed by atoms with Crippen molar-refractivity contribution in [3.63, 3.8) is 0 Å². The fourth-order valence-electron chi connectivity index (χ4n) is 3.66. The highest BCUT2D eigenvalue weighted by Crippen LogP contribution is 2.27. The van der Waals surface area contributed by atoms with Gasteiger partial charge < -0.3 is 9.84 Å². The van der Waals surface area contributed by atoms with E-state index >= 15 is 0 Å². The summed E-state index contributed by atoms with van der Waals surface area (Å²) in [6, 6.07) is 5.83. The molecule has 0 saturated heterocycles. The van der Waals surface area contributed by atoms with Gasteiger partial charge in [-0.1, -0.05) is 29.8 Å². The third-order valence-corrected chi connectivity index (χ3v) is 6.25. The highest BCUT2D eigenvalue weighted by molar-refractivity contribution is 6.32. The second kappa shape index (κ2) is 11.5. The molecule has 8 nitrogen and oxygen atoms in total. The topological polar surface area (TPSA) is 98.7 Å². The molecule has 0 bridgehead atoms. The molecule has 3 aromatic rings. The van der Waals surface area contributed by atoms with Gasteiger partial charge >= 0.3 is 0 Å². The van der Waals surface area contributed by atoms with Gasteiger partial charge in [0.05, 0.1) is 28.2 Å². The predicted molar refractivity (Wildman–Crippen MR) is 148 cm³/mol. The number of aliphatic hydroxyl groups is 1. The van der Waals surface area contributed by atoms with Crippen molar-refractivity contribution in [1.82, 2.24) is 14.1 Å². The van der Waals surface area contributed by atoms with Crippen LogP contribution >= 0.6 is 23.2 Å². The van der Waals surface area contributed by atoms with Crippen LogP contribution in [0.3, 0.4) is 0 Å². The second-order valence-electron chi connectivity index (χ2n) is 9.02. The van der Waals surface area contributed by atoms with Crippen molar-refractivity contribution < 1.29 is 14.2 Å². The maximum Gasteiger partial charge on any atom is 0.277 e. The largest absolute Gasteiger partial charge is 0.485 e. The van der Waals surface area contributed by atoms with Crippen molar-refractivity contribution in [2.45, 2.75) is 39.9 Å². The van der Waals surface area contributed by atoms with Crippen LogP contribution in [0.4, 0.5) is 4.39 Å². The van der Waals surface area contributed by atoms with Gasteiger partial charge in [-0.05, 0) is 51.5 Å². The Bertz CT molecular complexity index is 1580. The Morgan fingerprint density at radius 3 is 2.55 bits per heavy atom. The molecule has 3 aromatic heterocycles. The molecule has 0 aliphatic heterocycles. The number of halogens is 3. The van der Waals surface area contributed by atoms with E-state index in [1.807, 2.05) is 0 Å². The van der Waals surface area contributed by atoms with Crippen molar-refractivity contribution in [2.75, 3.05) is 7.05 Å². The standard InChI is InChI=1S/C27H27Cl2FN4O4/c1-15(2)21(12-23(31-6)33-9-7-8-18(25(33)35)27(4,5)37)34-16(3)10-22(24(29)26(34)36)38-14-20-19(28)11-17(30)13-32-20/h7-13,37H,1,14H2,2-6H3/b21-12+,31-23?. The molecule has 3 heterocycles. The molecule has 11 heteroatoms. The van der Waals surface area contributed by atoms with Crippen LogP contribution in [-0.4, -0.2) is 32.1 Å². The van der Waals surface area contributed by atoms with Crippen molar-refractivity contribution in [3.8, 4) is 5.75 Å². The smallest absolute Gasteiger partial charge is 0.277 e. The SMILES string of the molecule is C=C(C)/C(=C\C(=NC)n1cccc(C(C)(C)O)c1=O)n1c(C)cc(OCc2ncc(F)cc2Cl)c(Cl)c1=O. The normalized spacial score (nSPS) is 12.6. The first-order chi connectivity index (χ1) is 17.8. The number of pyridine rings is 3. The maximum absolute atomic E-state index is 13.4. The lowest BCUT2D eigenvalue weighted by Gasteiger charge is -2.19. The van der Waals surface area contributed by atoms with Gasteiger partial charge in [0.1, 0.15) is 29.0 Å². The minimum atomic E-state index is -1.37. The predicted octanol–water partition coefficient (Wildman–Crippen LogP) is 4.96. The summed E-state index contributed by atoms with van der Waals surface area (Å²) < 4.78 is 21.6. The molecule has 0 radical (unpaired) electrons. The number of hydrogen-bond donors (Lipinski definition) is 1. The lowest BCUT2D eigenvalue weighted by atomic mass is 10.0. The zero-order valence-electron chi connectivity index (χ0n) is 21.6. The quantitative estimate of drug-likeness (QED) is 0.250. The molecule has 0 fully saturated rings. The average Bonchev–Trinajstić information content (AvgIpc) is 2.83. The van der Waals surface area contributed by atoms with Crippen molar-refractivity contribution in [2.24, 2.45) is 4.99 Å². The Morgan fingerprint density at radius 2 is 1.97 bits per heavy atom. The van der Waals surface area contributed by atoms with E-state index in [4.69, 9.17) is 27.9 Å². The van der Waals surface area contributed by atoms with E-state index < -0.39 is 22.5 Å². The Morgan fingerprint density at radius 1 is 1.29 bits per heavy atom. The molecule has 0 saturated carbocycles. The first kappa shape index (κ1) is 29.0. The summed E-state index contributed by atoms with van der Waals surface area (Å²) in [5.41, 5.74) is -0.685. The molecule has 0 aromatic carbocycles. The summed E-state index contributed by atoms with van der Waals surface area (Å²) in [7, 11) is 1.50. The molecule has 0 unspecified atom stereocenters. The van der Waals surface area contributed by atoms with E-state index in [0.717, 1.165) is 12.3 Å². The Kier molecular flexibility index (Phi) is 8.76. The van der Waals surface area contributed by atoms with Crippen molar-refractivity contribution >= 4 is 34.7 Å². The van der Waals surface area contributed by atoms with Crippen LogP contribution in [-0.2, 0) is 12.2 Å². The van der Waals surface area contributed by atoms with E-state index in [9.17, 15) is 19.1 Å². The van der Waals surface area contributed by atoms with Gasteiger partial charge in [0.25, 0.3) is 11.1 Å². The van der Waals surface area contributed by atoms with E-state index in [-0.39, 0.29) is 39.5 Å². The summed E-state index contributed by atoms with van der Waals surface area (Å²) in [4.78, 5) is 34.6. The van der Waals surface area contributed by atoms with Crippen LogP contribution in [0.5, 0.6) is 5.75 Å². The first-order valence-electron chi connectivity index (χ1n) is 11.4. The molecule has 0 aliphatic rings. The zero-order valence-corrected chi connectivity index (χ0v) is 23.1. The van der Waals surface area contributed by atoms with Crippen LogP contribution < -0.4 is 15.9 Å². The molecule has 3 rings (SSSR count). The number of aromatic nitrogens is 3. The van der Waals surface area contributed by atoms with Crippen LogP contribution in [0.25, 0.3) is 5.70 Å². The maximum atomic E-state index is 13.4. The van der Waals surface area contributed by atoms with E-state index in [0.29, 0.717) is 17.0 Å². The number of hydrogen-bond acceptors (Lipinski definition) is 6. The Hall–Kier alpha value is -3.53. The number of nitrogens with zero attached hydrogens (tertiary/aromatic N) is 4.